The third-order valence-electron chi connectivity index (χ3n) is 11.6. The Morgan fingerprint density at radius 2 is 1.07 bits per heavy atom. The van der Waals surface area contributed by atoms with Crippen LogP contribution in [0.25, 0.3) is 91.9 Å². The van der Waals surface area contributed by atoms with Gasteiger partial charge in [0, 0.05) is 59.2 Å². The van der Waals surface area contributed by atoms with Gasteiger partial charge in [-0.25, -0.2) is 0 Å². The molecule has 0 unspecified atom stereocenters. The monoisotopic (exact) mass is 758 g/mol. The van der Waals surface area contributed by atoms with Gasteiger partial charge in [-0.05, 0) is 82.9 Å². The lowest BCUT2D eigenvalue weighted by molar-refractivity contribution is 0.669. The van der Waals surface area contributed by atoms with E-state index >= 15 is 0 Å². The van der Waals surface area contributed by atoms with Crippen molar-refractivity contribution in [1.82, 2.24) is 4.57 Å². The minimum atomic E-state index is 0.863. The number of furan rings is 1. The van der Waals surface area contributed by atoms with Gasteiger partial charge in [-0.2, -0.15) is 0 Å². The zero-order chi connectivity index (χ0) is 38.2. The predicted molar refractivity (Wildman–Crippen MR) is 247 cm³/mol. The van der Waals surface area contributed by atoms with Crippen LogP contribution in [0.5, 0.6) is 0 Å². The Hall–Kier alpha value is -7.40. The number of hydrogen-bond donors (Lipinski definition) is 0. The van der Waals surface area contributed by atoms with Gasteiger partial charge in [0.05, 0.1) is 22.4 Å². The fourth-order valence-electron chi connectivity index (χ4n) is 9.01. The van der Waals surface area contributed by atoms with Crippen LogP contribution in [0.4, 0.5) is 17.1 Å². The van der Waals surface area contributed by atoms with Crippen LogP contribution in [0.3, 0.4) is 0 Å². The van der Waals surface area contributed by atoms with Crippen molar-refractivity contribution in [3.8, 4) is 27.9 Å². The van der Waals surface area contributed by atoms with Crippen LogP contribution in [0, 0.1) is 0 Å². The van der Waals surface area contributed by atoms with Gasteiger partial charge in [0.15, 0.2) is 0 Å². The highest BCUT2D eigenvalue weighted by Crippen LogP contribution is 2.51. The minimum absolute atomic E-state index is 0.863. The van der Waals surface area contributed by atoms with E-state index in [9.17, 15) is 0 Å². The van der Waals surface area contributed by atoms with E-state index in [2.05, 4.69) is 210 Å². The predicted octanol–water partition coefficient (Wildman–Crippen LogP) is 15.9. The molecule has 4 heteroatoms. The largest absolute Gasteiger partial charge is 0.456 e. The lowest BCUT2D eigenvalue weighted by Crippen LogP contribution is -2.11. The summed E-state index contributed by atoms with van der Waals surface area (Å²) in [7, 11) is 0. The molecule has 0 spiro atoms. The lowest BCUT2D eigenvalue weighted by Gasteiger charge is -2.28. The lowest BCUT2D eigenvalue weighted by atomic mass is 9.98. The molecule has 0 aliphatic heterocycles. The molecule has 0 amide bonds. The molecule has 9 aromatic carbocycles. The van der Waals surface area contributed by atoms with E-state index in [0.29, 0.717) is 0 Å². The number of thiophene rings is 1. The standard InChI is InChI=1S/C54H34N2OS/c1-4-15-35(16-5-1)37-27-29-44-51(33-37)58-54-40(36-17-6-2-7-18-36)31-32-48(53(44)54)56(39-28-30-42-41-21-11-13-26-49(41)57-50(42)34-39)47-25-14-24-46-52(47)43-22-10-12-23-45(43)55(46)38-19-8-3-9-20-38/h1-34H. The second-order valence-electron chi connectivity index (χ2n) is 14.9. The van der Waals surface area contributed by atoms with E-state index < -0.39 is 0 Å². The maximum atomic E-state index is 6.58. The second-order valence-corrected chi connectivity index (χ2v) is 15.9. The molecule has 272 valence electrons. The molecule has 12 aromatic rings. The normalized spacial score (nSPS) is 11.8. The molecular formula is C54H34N2OS. The van der Waals surface area contributed by atoms with E-state index in [-0.39, 0.29) is 0 Å². The van der Waals surface area contributed by atoms with Crippen molar-refractivity contribution in [1.29, 1.82) is 0 Å². The molecule has 0 fully saturated rings. The molecule has 0 radical (unpaired) electrons. The van der Waals surface area contributed by atoms with Gasteiger partial charge in [0.2, 0.25) is 0 Å². The highest BCUT2D eigenvalue weighted by atomic mass is 32.1. The zero-order valence-electron chi connectivity index (χ0n) is 31.3. The average Bonchev–Trinajstić information content (AvgIpc) is 3.97. The fourth-order valence-corrected chi connectivity index (χ4v) is 10.3. The first-order valence-electron chi connectivity index (χ1n) is 19.7. The molecule has 12 rings (SSSR count). The van der Waals surface area contributed by atoms with Crippen LogP contribution in [-0.4, -0.2) is 4.57 Å². The summed E-state index contributed by atoms with van der Waals surface area (Å²) in [6, 6.07) is 74.4. The van der Waals surface area contributed by atoms with E-state index in [1.54, 1.807) is 0 Å². The summed E-state index contributed by atoms with van der Waals surface area (Å²) in [6.45, 7) is 0. The minimum Gasteiger partial charge on any atom is -0.456 e. The molecule has 58 heavy (non-hydrogen) atoms. The van der Waals surface area contributed by atoms with Gasteiger partial charge in [-0.3, -0.25) is 0 Å². The highest BCUT2D eigenvalue weighted by molar-refractivity contribution is 7.26. The van der Waals surface area contributed by atoms with Gasteiger partial charge >= 0.3 is 0 Å². The first-order chi connectivity index (χ1) is 28.8. The molecule has 3 aromatic heterocycles. The number of para-hydroxylation sites is 3. The topological polar surface area (TPSA) is 21.3 Å². The smallest absolute Gasteiger partial charge is 0.137 e. The summed E-state index contributed by atoms with van der Waals surface area (Å²) in [5.74, 6) is 0. The third kappa shape index (κ3) is 5.05. The Labute approximate surface area is 338 Å². The van der Waals surface area contributed by atoms with Gasteiger partial charge in [-0.1, -0.05) is 140 Å². The number of hydrogen-bond acceptors (Lipinski definition) is 3. The van der Waals surface area contributed by atoms with Crippen LogP contribution in [0.1, 0.15) is 0 Å². The number of nitrogens with zero attached hydrogens (tertiary/aromatic N) is 2. The molecule has 0 atom stereocenters. The van der Waals surface area contributed by atoms with Gasteiger partial charge in [0.1, 0.15) is 11.2 Å². The molecule has 0 N–H and O–H groups in total. The SMILES string of the molecule is c1ccc(-c2ccc3c(c2)sc2c(-c4ccccc4)ccc(N(c4ccc5c(c4)oc4ccccc45)c4cccc5c4c4ccccc4n5-c4ccccc4)c23)cc1. The summed E-state index contributed by atoms with van der Waals surface area (Å²) < 4.78 is 11.5. The quantitative estimate of drug-likeness (QED) is 0.168. The van der Waals surface area contributed by atoms with Crippen molar-refractivity contribution in [3.63, 3.8) is 0 Å². The molecule has 0 saturated carbocycles. The first-order valence-corrected chi connectivity index (χ1v) is 20.5. The molecule has 0 aliphatic carbocycles. The molecule has 3 nitrogen and oxygen atoms in total. The fraction of sp³-hybridized carbons (Fsp3) is 0. The van der Waals surface area contributed by atoms with Gasteiger partial charge in [-0.15, -0.1) is 11.3 Å². The molecular weight excluding hydrogens is 725 g/mol. The highest BCUT2D eigenvalue weighted by Gasteiger charge is 2.25. The zero-order valence-corrected chi connectivity index (χ0v) is 32.2. The van der Waals surface area contributed by atoms with Crippen LogP contribution in [0.2, 0.25) is 0 Å². The number of anilines is 3. The van der Waals surface area contributed by atoms with Crippen molar-refractivity contribution in [2.75, 3.05) is 4.90 Å². The molecule has 3 heterocycles. The van der Waals surface area contributed by atoms with Crippen LogP contribution < -0.4 is 4.90 Å². The van der Waals surface area contributed by atoms with E-state index in [4.69, 9.17) is 4.42 Å². The van der Waals surface area contributed by atoms with Crippen molar-refractivity contribution in [3.05, 3.63) is 206 Å². The molecule has 0 aliphatic rings. The maximum absolute atomic E-state index is 6.58. The molecule has 0 bridgehead atoms. The number of benzene rings is 9. The Bertz CT molecular complexity index is 3510. The van der Waals surface area contributed by atoms with Crippen LogP contribution in [-0.2, 0) is 0 Å². The number of aromatic nitrogens is 1. The third-order valence-corrected chi connectivity index (χ3v) is 12.8. The van der Waals surface area contributed by atoms with E-state index in [1.807, 2.05) is 17.4 Å². The Morgan fingerprint density at radius 1 is 0.414 bits per heavy atom. The summed E-state index contributed by atoms with van der Waals surface area (Å²) in [6.07, 6.45) is 0. The second kappa shape index (κ2) is 13.1. The van der Waals surface area contributed by atoms with E-state index in [0.717, 1.165) is 50.2 Å². The maximum Gasteiger partial charge on any atom is 0.137 e. The summed E-state index contributed by atoms with van der Waals surface area (Å²) in [5.41, 5.74) is 13.3. The van der Waals surface area contributed by atoms with Crippen molar-refractivity contribution in [2.45, 2.75) is 0 Å². The summed E-state index contributed by atoms with van der Waals surface area (Å²) in [5, 5.41) is 7.09. The summed E-state index contributed by atoms with van der Waals surface area (Å²) >= 11 is 1.88. The van der Waals surface area contributed by atoms with E-state index in [1.165, 1.54) is 58.7 Å². The Balaban J connectivity index is 1.20. The van der Waals surface area contributed by atoms with Crippen LogP contribution >= 0.6 is 11.3 Å². The van der Waals surface area contributed by atoms with Crippen LogP contribution in [0.15, 0.2) is 211 Å². The van der Waals surface area contributed by atoms with Gasteiger partial charge in [0.25, 0.3) is 0 Å². The number of fused-ring (bicyclic) bond motifs is 9. The Kier molecular flexibility index (Phi) is 7.40. The average molecular weight is 759 g/mol. The van der Waals surface area contributed by atoms with Crippen molar-refractivity contribution in [2.24, 2.45) is 0 Å². The molecule has 0 saturated heterocycles. The van der Waals surface area contributed by atoms with Crippen molar-refractivity contribution >= 4 is 92.3 Å². The first kappa shape index (κ1) is 32.8. The van der Waals surface area contributed by atoms with Crippen molar-refractivity contribution < 1.29 is 4.42 Å². The summed E-state index contributed by atoms with van der Waals surface area (Å²) in [4.78, 5) is 2.48. The number of rotatable bonds is 6. The van der Waals surface area contributed by atoms with Gasteiger partial charge < -0.3 is 13.9 Å². The Morgan fingerprint density at radius 3 is 1.90 bits per heavy atom.